The van der Waals surface area contributed by atoms with E-state index < -0.39 is 10.9 Å². The predicted molar refractivity (Wildman–Crippen MR) is 77.1 cm³/mol. The summed E-state index contributed by atoms with van der Waals surface area (Å²) < 4.78 is 5.72. The third-order valence-corrected chi connectivity index (χ3v) is 3.94. The van der Waals surface area contributed by atoms with Crippen LogP contribution < -0.4 is 4.74 Å². The van der Waals surface area contributed by atoms with Gasteiger partial charge in [0.15, 0.2) is 0 Å². The van der Waals surface area contributed by atoms with Gasteiger partial charge >= 0.3 is 5.97 Å². The van der Waals surface area contributed by atoms with Crippen LogP contribution in [0, 0.1) is 17.0 Å². The van der Waals surface area contributed by atoms with Gasteiger partial charge in [-0.2, -0.15) is 0 Å². The molecule has 2 aromatic rings. The Morgan fingerprint density at radius 2 is 2.05 bits per heavy atom. The Bertz CT molecular complexity index is 699. The molecule has 0 unspecified atom stereocenters. The molecule has 5 nitrogen and oxygen atoms in total. The normalized spacial score (nSPS) is 10.3. The molecule has 0 aliphatic heterocycles. The van der Waals surface area contributed by atoms with Gasteiger partial charge in [0.1, 0.15) is 10.1 Å². The summed E-state index contributed by atoms with van der Waals surface area (Å²) in [5.74, 6) is -0.456. The molecule has 20 heavy (non-hydrogen) atoms. The zero-order chi connectivity index (χ0) is 14.9. The molecule has 0 saturated heterocycles. The second kappa shape index (κ2) is 5.78. The number of carbonyl (C=O) groups is 1. The molecule has 0 amide bonds. The second-order valence-electron chi connectivity index (χ2n) is 3.83. The number of ether oxygens (including phenoxy) is 1. The maximum absolute atomic E-state index is 11.9. The minimum absolute atomic E-state index is 0.0404. The lowest BCUT2D eigenvalue weighted by molar-refractivity contribution is -0.385. The maximum atomic E-state index is 11.9. The van der Waals surface area contributed by atoms with Gasteiger partial charge in [-0.3, -0.25) is 10.1 Å². The SMILES string of the molecule is Cc1cc(OC(=O)c2cc(Cl)sc2Cl)ccc1[N+](=O)[O-]. The molecule has 0 bridgehead atoms. The number of nitro benzene ring substituents is 1. The second-order valence-corrected chi connectivity index (χ2v) is 6.12. The first-order chi connectivity index (χ1) is 9.38. The van der Waals surface area contributed by atoms with Crippen molar-refractivity contribution in [2.45, 2.75) is 6.92 Å². The van der Waals surface area contributed by atoms with Gasteiger partial charge in [0.2, 0.25) is 0 Å². The summed E-state index contributed by atoms with van der Waals surface area (Å²) in [5.41, 5.74) is 0.522. The fourth-order valence-corrected chi connectivity index (χ4v) is 2.98. The number of thiophene rings is 1. The van der Waals surface area contributed by atoms with Crippen LogP contribution in [0.4, 0.5) is 5.69 Å². The van der Waals surface area contributed by atoms with Gasteiger partial charge in [-0.25, -0.2) is 4.79 Å². The van der Waals surface area contributed by atoms with Crippen LogP contribution in [-0.2, 0) is 0 Å². The Morgan fingerprint density at radius 1 is 1.35 bits per heavy atom. The van der Waals surface area contributed by atoms with E-state index in [9.17, 15) is 14.9 Å². The summed E-state index contributed by atoms with van der Waals surface area (Å²) in [7, 11) is 0. The highest BCUT2D eigenvalue weighted by Gasteiger charge is 2.18. The van der Waals surface area contributed by atoms with E-state index in [1.807, 2.05) is 0 Å². The Hall–Kier alpha value is -1.63. The van der Waals surface area contributed by atoms with Crippen LogP contribution in [0.3, 0.4) is 0 Å². The van der Waals surface area contributed by atoms with Gasteiger partial charge in [0.05, 0.1) is 14.8 Å². The summed E-state index contributed by atoms with van der Waals surface area (Å²) in [5, 5.41) is 10.7. The van der Waals surface area contributed by atoms with E-state index in [0.29, 0.717) is 9.90 Å². The van der Waals surface area contributed by atoms with Gasteiger partial charge in [0, 0.05) is 11.6 Å². The first-order valence-electron chi connectivity index (χ1n) is 5.30. The molecule has 0 radical (unpaired) electrons. The summed E-state index contributed by atoms with van der Waals surface area (Å²) in [6.45, 7) is 1.56. The van der Waals surface area contributed by atoms with E-state index >= 15 is 0 Å². The van der Waals surface area contributed by atoms with Gasteiger partial charge in [-0.15, -0.1) is 11.3 Å². The van der Waals surface area contributed by atoms with Crippen LogP contribution in [0.1, 0.15) is 15.9 Å². The third kappa shape index (κ3) is 3.09. The van der Waals surface area contributed by atoms with Crippen LogP contribution in [0.15, 0.2) is 24.3 Å². The molecule has 0 N–H and O–H groups in total. The number of hydrogen-bond donors (Lipinski definition) is 0. The van der Waals surface area contributed by atoms with E-state index in [1.54, 1.807) is 6.92 Å². The zero-order valence-corrected chi connectivity index (χ0v) is 12.4. The molecule has 0 atom stereocenters. The van der Waals surface area contributed by atoms with Crippen molar-refractivity contribution in [1.82, 2.24) is 0 Å². The van der Waals surface area contributed by atoms with Crippen LogP contribution in [-0.4, -0.2) is 10.9 Å². The number of benzene rings is 1. The van der Waals surface area contributed by atoms with Crippen molar-refractivity contribution in [2.24, 2.45) is 0 Å². The number of nitro groups is 1. The average molecular weight is 332 g/mol. The zero-order valence-electron chi connectivity index (χ0n) is 10.1. The lowest BCUT2D eigenvalue weighted by Crippen LogP contribution is -2.08. The molecule has 0 aliphatic rings. The van der Waals surface area contributed by atoms with E-state index in [4.69, 9.17) is 27.9 Å². The highest BCUT2D eigenvalue weighted by atomic mass is 35.5. The molecule has 0 spiro atoms. The van der Waals surface area contributed by atoms with Crippen LogP contribution >= 0.6 is 34.5 Å². The minimum atomic E-state index is -0.661. The molecule has 0 fully saturated rings. The molecule has 8 heteroatoms. The Morgan fingerprint density at radius 3 is 2.55 bits per heavy atom. The topological polar surface area (TPSA) is 69.4 Å². The van der Waals surface area contributed by atoms with E-state index in [-0.39, 0.29) is 21.3 Å². The van der Waals surface area contributed by atoms with Crippen molar-refractivity contribution in [2.75, 3.05) is 0 Å². The third-order valence-electron chi connectivity index (χ3n) is 2.45. The van der Waals surface area contributed by atoms with Crippen LogP contribution in [0.25, 0.3) is 0 Å². The van der Waals surface area contributed by atoms with Crippen molar-refractivity contribution >= 4 is 46.2 Å². The summed E-state index contributed by atoms with van der Waals surface area (Å²) >= 11 is 12.7. The number of nitrogens with zero attached hydrogens (tertiary/aromatic N) is 1. The number of rotatable bonds is 3. The largest absolute Gasteiger partial charge is 0.423 e. The highest BCUT2D eigenvalue weighted by Crippen LogP contribution is 2.32. The molecule has 0 aliphatic carbocycles. The van der Waals surface area contributed by atoms with Crippen molar-refractivity contribution in [3.8, 4) is 5.75 Å². The van der Waals surface area contributed by atoms with Crippen molar-refractivity contribution in [3.05, 3.63) is 54.2 Å². The lowest BCUT2D eigenvalue weighted by Gasteiger charge is -2.04. The van der Waals surface area contributed by atoms with E-state index in [0.717, 1.165) is 11.3 Å². The number of hydrogen-bond acceptors (Lipinski definition) is 5. The van der Waals surface area contributed by atoms with Crippen molar-refractivity contribution in [3.63, 3.8) is 0 Å². The van der Waals surface area contributed by atoms with Crippen LogP contribution in [0.2, 0.25) is 8.67 Å². The molecule has 1 aromatic carbocycles. The Labute approximate surface area is 127 Å². The molecular weight excluding hydrogens is 325 g/mol. The van der Waals surface area contributed by atoms with Crippen LogP contribution in [0.5, 0.6) is 5.75 Å². The van der Waals surface area contributed by atoms with Gasteiger partial charge in [-0.1, -0.05) is 23.2 Å². The number of halogens is 2. The number of esters is 1. The fourth-order valence-electron chi connectivity index (χ4n) is 1.54. The summed E-state index contributed by atoms with van der Waals surface area (Å²) in [4.78, 5) is 22.1. The Kier molecular flexibility index (Phi) is 4.27. The van der Waals surface area contributed by atoms with Gasteiger partial charge in [0.25, 0.3) is 5.69 Å². The standard InChI is InChI=1S/C12H7Cl2NO4S/c1-6-4-7(2-3-9(6)15(17)18)19-12(16)8-5-10(13)20-11(8)14/h2-5H,1H3. The Balaban J connectivity index is 2.22. The maximum Gasteiger partial charge on any atom is 0.345 e. The average Bonchev–Trinajstić information content (AvgIpc) is 2.68. The molecule has 0 saturated carbocycles. The van der Waals surface area contributed by atoms with Crippen molar-refractivity contribution in [1.29, 1.82) is 0 Å². The van der Waals surface area contributed by atoms with Crippen molar-refractivity contribution < 1.29 is 14.5 Å². The number of aryl methyl sites for hydroxylation is 1. The van der Waals surface area contributed by atoms with Gasteiger partial charge in [-0.05, 0) is 25.1 Å². The first kappa shape index (κ1) is 14.8. The fraction of sp³-hybridized carbons (Fsp3) is 0.0833. The molecule has 1 aromatic heterocycles. The highest BCUT2D eigenvalue weighted by molar-refractivity contribution is 7.20. The molecule has 2 rings (SSSR count). The monoisotopic (exact) mass is 331 g/mol. The molecular formula is C12H7Cl2NO4S. The summed E-state index contributed by atoms with van der Waals surface area (Å²) in [6, 6.07) is 5.46. The van der Waals surface area contributed by atoms with E-state index in [2.05, 4.69) is 0 Å². The first-order valence-corrected chi connectivity index (χ1v) is 6.88. The van der Waals surface area contributed by atoms with E-state index in [1.165, 1.54) is 24.3 Å². The molecule has 1 heterocycles. The smallest absolute Gasteiger partial charge is 0.345 e. The number of carbonyl (C=O) groups excluding carboxylic acids is 1. The minimum Gasteiger partial charge on any atom is -0.423 e. The predicted octanol–water partition coefficient (Wildman–Crippen LogP) is 4.49. The molecule has 104 valence electrons. The lowest BCUT2D eigenvalue weighted by atomic mass is 10.2. The quantitative estimate of drug-likeness (QED) is 0.359. The van der Waals surface area contributed by atoms with Gasteiger partial charge < -0.3 is 4.74 Å². The summed E-state index contributed by atoms with van der Waals surface area (Å²) in [6.07, 6.45) is 0.